The summed E-state index contributed by atoms with van der Waals surface area (Å²) in [7, 11) is 3.84. The third-order valence-corrected chi connectivity index (χ3v) is 5.79. The van der Waals surface area contributed by atoms with Crippen LogP contribution in [0, 0.1) is 0 Å². The van der Waals surface area contributed by atoms with Crippen molar-refractivity contribution in [2.45, 2.75) is 57.3 Å². The fourth-order valence-corrected chi connectivity index (χ4v) is 4.19. The van der Waals surface area contributed by atoms with E-state index >= 15 is 0 Å². The number of para-hydroxylation sites is 1. The molecule has 0 spiro atoms. The highest BCUT2D eigenvalue weighted by atomic mass is 19.4. The van der Waals surface area contributed by atoms with Gasteiger partial charge in [0.15, 0.2) is 0 Å². The molecule has 1 aliphatic rings. The smallest absolute Gasteiger partial charge is 0.410 e. The van der Waals surface area contributed by atoms with E-state index in [1.54, 1.807) is 6.92 Å². The zero-order chi connectivity index (χ0) is 26.5. The molecule has 0 aliphatic heterocycles. The third kappa shape index (κ3) is 7.73. The van der Waals surface area contributed by atoms with Gasteiger partial charge in [0.05, 0.1) is 11.3 Å². The molecule has 0 saturated heterocycles. The number of nitrogens with one attached hydrogen (secondary N) is 2. The Morgan fingerprint density at radius 1 is 1.17 bits per heavy atom. The summed E-state index contributed by atoms with van der Waals surface area (Å²) in [5.41, 5.74) is 0.753. The third-order valence-electron chi connectivity index (χ3n) is 5.79. The van der Waals surface area contributed by atoms with Gasteiger partial charge >= 0.3 is 6.18 Å². The lowest BCUT2D eigenvalue weighted by Gasteiger charge is -2.30. The van der Waals surface area contributed by atoms with Crippen molar-refractivity contribution >= 4 is 28.6 Å². The number of hydrogen-bond donors (Lipinski definition) is 3. The first kappa shape index (κ1) is 27.0. The van der Waals surface area contributed by atoms with Gasteiger partial charge in [-0.25, -0.2) is 4.98 Å². The number of alkyl halides is 3. The van der Waals surface area contributed by atoms with Crippen LogP contribution < -0.4 is 15.5 Å². The maximum Gasteiger partial charge on any atom is 0.410 e. The van der Waals surface area contributed by atoms with Crippen molar-refractivity contribution in [1.29, 1.82) is 0 Å². The number of carbonyl (C=O) groups excluding carboxylic acids is 1. The molecular formula is C26H32F3N5O2. The van der Waals surface area contributed by atoms with Crippen LogP contribution in [0.15, 0.2) is 59.9 Å². The number of allylic oxidation sites excluding steroid dienone is 2. The Morgan fingerprint density at radius 2 is 1.81 bits per heavy atom. The van der Waals surface area contributed by atoms with E-state index in [1.807, 2.05) is 43.3 Å². The average Bonchev–Trinajstić information content (AvgIpc) is 2.78. The van der Waals surface area contributed by atoms with Crippen LogP contribution in [-0.2, 0) is 4.79 Å². The highest BCUT2D eigenvalue weighted by molar-refractivity contribution is 5.96. The maximum atomic E-state index is 13.0. The summed E-state index contributed by atoms with van der Waals surface area (Å²) in [6.45, 7) is 5.25. The van der Waals surface area contributed by atoms with Gasteiger partial charge in [-0.1, -0.05) is 24.3 Å². The predicted octanol–water partition coefficient (Wildman–Crippen LogP) is 5.43. The molecule has 0 radical (unpaired) electrons. The van der Waals surface area contributed by atoms with Gasteiger partial charge in [0, 0.05) is 49.6 Å². The highest BCUT2D eigenvalue weighted by Gasteiger charge is 2.28. The van der Waals surface area contributed by atoms with Crippen molar-refractivity contribution in [3.05, 3.63) is 59.9 Å². The van der Waals surface area contributed by atoms with Crippen molar-refractivity contribution in [1.82, 2.24) is 15.3 Å². The number of fused-ring (bicyclic) bond motifs is 1. The minimum absolute atomic E-state index is 0.00830. The number of carbonyl (C=O) groups is 1. The number of aromatic nitrogens is 2. The van der Waals surface area contributed by atoms with E-state index in [2.05, 4.69) is 27.2 Å². The van der Waals surface area contributed by atoms with Gasteiger partial charge < -0.3 is 20.6 Å². The largest absolute Gasteiger partial charge is 0.512 e. The number of hydrogen-bond acceptors (Lipinski definition) is 6. The molecule has 3 rings (SSSR count). The first-order valence-electron chi connectivity index (χ1n) is 11.8. The Morgan fingerprint density at radius 3 is 2.42 bits per heavy atom. The van der Waals surface area contributed by atoms with Crippen LogP contribution >= 0.6 is 0 Å². The molecule has 1 aromatic carbocycles. The topological polar surface area (TPSA) is 90.4 Å². The highest BCUT2D eigenvalue weighted by Crippen LogP contribution is 2.27. The van der Waals surface area contributed by atoms with Crippen LogP contribution in [0.25, 0.3) is 10.9 Å². The van der Waals surface area contributed by atoms with Gasteiger partial charge in [-0.15, -0.1) is 0 Å². The number of aliphatic hydroxyl groups is 1. The lowest BCUT2D eigenvalue weighted by Crippen LogP contribution is -2.41. The molecule has 36 heavy (non-hydrogen) atoms. The lowest BCUT2D eigenvalue weighted by molar-refractivity contribution is -0.119. The number of amides is 1. The normalized spacial score (nSPS) is 19.2. The van der Waals surface area contributed by atoms with E-state index in [4.69, 9.17) is 0 Å². The van der Waals surface area contributed by atoms with Gasteiger partial charge in [0.25, 0.3) is 5.91 Å². The second-order valence-corrected chi connectivity index (χ2v) is 9.36. The van der Waals surface area contributed by atoms with Gasteiger partial charge in [0.2, 0.25) is 5.95 Å². The van der Waals surface area contributed by atoms with E-state index in [-0.39, 0.29) is 30.3 Å². The zero-order valence-electron chi connectivity index (χ0n) is 20.7. The van der Waals surface area contributed by atoms with Crippen LogP contribution in [0.5, 0.6) is 0 Å². The second-order valence-electron chi connectivity index (χ2n) is 9.36. The summed E-state index contributed by atoms with van der Waals surface area (Å²) in [5.74, 6) is 0.0911. The molecule has 1 amide bonds. The number of rotatable bonds is 8. The number of anilines is 2. The standard InChI is InChI=1S/C26H32F3N5O2/c1-16(2)13-20(35)14-17(15-26(27,28)29)24(36)30-18-9-11-19(12-10-18)31-25-32-22-8-6-5-7-21(22)23(33-25)34(3)4/h5-8,14-15,18-19,35H,1,9-13H2,2-4H3,(H,30,36)(H,31,32,33)/b17-15-,20-14-. The summed E-state index contributed by atoms with van der Waals surface area (Å²) in [5, 5.41) is 16.9. The minimum Gasteiger partial charge on any atom is -0.512 e. The zero-order valence-corrected chi connectivity index (χ0v) is 20.7. The first-order chi connectivity index (χ1) is 16.9. The van der Waals surface area contributed by atoms with Crippen molar-refractivity contribution in [3.63, 3.8) is 0 Å². The number of aliphatic hydroxyl groups excluding tert-OH is 1. The Bertz CT molecular complexity index is 1170. The Balaban J connectivity index is 1.64. The average molecular weight is 504 g/mol. The van der Waals surface area contributed by atoms with Crippen LogP contribution in [0.2, 0.25) is 0 Å². The fourth-order valence-electron chi connectivity index (χ4n) is 4.19. The maximum absolute atomic E-state index is 13.0. The van der Waals surface area contributed by atoms with Crippen molar-refractivity contribution in [2.75, 3.05) is 24.3 Å². The van der Waals surface area contributed by atoms with Crippen molar-refractivity contribution in [2.24, 2.45) is 0 Å². The van der Waals surface area contributed by atoms with E-state index in [0.29, 0.717) is 37.2 Å². The monoisotopic (exact) mass is 503 g/mol. The summed E-state index contributed by atoms with van der Waals surface area (Å²) >= 11 is 0. The molecule has 1 aliphatic carbocycles. The lowest BCUT2D eigenvalue weighted by atomic mass is 9.91. The summed E-state index contributed by atoms with van der Waals surface area (Å²) < 4.78 is 39.0. The molecule has 0 unspecified atom stereocenters. The number of benzene rings is 1. The van der Waals surface area contributed by atoms with Gasteiger partial charge in [-0.05, 0) is 50.8 Å². The second kappa shape index (κ2) is 11.5. The molecule has 1 saturated carbocycles. The van der Waals surface area contributed by atoms with E-state index < -0.39 is 17.7 Å². The molecule has 1 fully saturated rings. The molecule has 7 nitrogen and oxygen atoms in total. The SMILES string of the molecule is C=C(C)C/C(O)=C/C(=C/C(F)(F)F)C(=O)NC1CCC(Nc2nc(N(C)C)c3ccccc3n2)CC1. The quantitative estimate of drug-likeness (QED) is 0.193. The summed E-state index contributed by atoms with van der Waals surface area (Å²) in [6.07, 6.45) is -1.41. The molecule has 1 aromatic heterocycles. The Labute approximate surface area is 208 Å². The molecule has 3 N–H and O–H groups in total. The van der Waals surface area contributed by atoms with Crippen LogP contribution in [0.1, 0.15) is 39.0 Å². The van der Waals surface area contributed by atoms with Gasteiger partial charge in [-0.3, -0.25) is 4.79 Å². The van der Waals surface area contributed by atoms with E-state index in [0.717, 1.165) is 22.8 Å². The minimum atomic E-state index is -4.69. The molecular weight excluding hydrogens is 471 g/mol. The molecule has 0 bridgehead atoms. The predicted molar refractivity (Wildman–Crippen MR) is 136 cm³/mol. The van der Waals surface area contributed by atoms with Crippen LogP contribution in [0.3, 0.4) is 0 Å². The van der Waals surface area contributed by atoms with Crippen molar-refractivity contribution < 1.29 is 23.1 Å². The summed E-state index contributed by atoms with van der Waals surface area (Å²) in [6, 6.07) is 7.54. The summed E-state index contributed by atoms with van der Waals surface area (Å²) in [4.78, 5) is 23.8. The van der Waals surface area contributed by atoms with Gasteiger partial charge in [-0.2, -0.15) is 18.2 Å². The van der Waals surface area contributed by atoms with E-state index in [1.165, 1.54) is 0 Å². The molecule has 194 valence electrons. The number of halogens is 3. The fraction of sp³-hybridized carbons (Fsp3) is 0.423. The Kier molecular flexibility index (Phi) is 8.60. The molecule has 0 atom stereocenters. The van der Waals surface area contributed by atoms with Crippen molar-refractivity contribution in [3.8, 4) is 0 Å². The molecule has 2 aromatic rings. The van der Waals surface area contributed by atoms with E-state index in [9.17, 15) is 23.1 Å². The Hall–Kier alpha value is -3.56. The molecule has 1 heterocycles. The molecule has 10 heteroatoms. The first-order valence-corrected chi connectivity index (χ1v) is 11.8. The van der Waals surface area contributed by atoms with Gasteiger partial charge in [0.1, 0.15) is 5.82 Å². The van der Waals surface area contributed by atoms with Crippen LogP contribution in [0.4, 0.5) is 24.9 Å². The van der Waals surface area contributed by atoms with Crippen LogP contribution in [-0.4, -0.2) is 53.3 Å². The number of nitrogens with zero attached hydrogens (tertiary/aromatic N) is 3.